The highest BCUT2D eigenvalue weighted by Crippen LogP contribution is 2.36. The third-order valence-corrected chi connectivity index (χ3v) is 5.66. The minimum atomic E-state index is -0.966. The minimum absolute atomic E-state index is 0.154. The van der Waals surface area contributed by atoms with E-state index in [-0.39, 0.29) is 11.9 Å². The van der Waals surface area contributed by atoms with Crippen molar-refractivity contribution in [3.05, 3.63) is 76.3 Å². The standard InChI is InChI=1S/C22H22BrNO3/c1-27-21(26)22(14-7-11-17-9-3-2-4-10-17)15-8-16-24(22)20(25)18-12-5-6-13-19(18)23/h2-7,9-13H,8,14-16H2,1H3/b11-7+. The summed E-state index contributed by atoms with van der Waals surface area (Å²) < 4.78 is 5.83. The number of carbonyl (C=O) groups excluding carboxylic acids is 2. The molecule has 5 heteroatoms. The molecule has 1 aliphatic rings. The molecule has 1 aliphatic heterocycles. The Morgan fingerprint density at radius 3 is 2.56 bits per heavy atom. The Bertz CT molecular complexity index is 850. The van der Waals surface area contributed by atoms with Crippen molar-refractivity contribution in [3.63, 3.8) is 0 Å². The molecule has 27 heavy (non-hydrogen) atoms. The molecular formula is C22H22BrNO3. The van der Waals surface area contributed by atoms with Gasteiger partial charge in [-0.1, -0.05) is 54.6 Å². The number of benzene rings is 2. The van der Waals surface area contributed by atoms with E-state index in [1.807, 2.05) is 60.7 Å². The van der Waals surface area contributed by atoms with Crippen LogP contribution in [0.5, 0.6) is 0 Å². The predicted molar refractivity (Wildman–Crippen MR) is 109 cm³/mol. The Kier molecular flexibility index (Phi) is 6.11. The normalized spacial score (nSPS) is 19.4. The van der Waals surface area contributed by atoms with Gasteiger partial charge in [-0.3, -0.25) is 4.79 Å². The van der Waals surface area contributed by atoms with Crippen molar-refractivity contribution >= 4 is 33.9 Å². The number of esters is 1. The summed E-state index contributed by atoms with van der Waals surface area (Å²) in [5, 5.41) is 0. The van der Waals surface area contributed by atoms with Gasteiger partial charge >= 0.3 is 5.97 Å². The number of rotatable bonds is 5. The summed E-state index contributed by atoms with van der Waals surface area (Å²) in [6.07, 6.45) is 5.71. The average molecular weight is 428 g/mol. The highest BCUT2D eigenvalue weighted by Gasteiger charge is 2.50. The van der Waals surface area contributed by atoms with Gasteiger partial charge < -0.3 is 9.64 Å². The summed E-state index contributed by atoms with van der Waals surface area (Å²) in [4.78, 5) is 27.6. The number of methoxy groups -OCH3 is 1. The average Bonchev–Trinajstić information content (AvgIpc) is 3.13. The zero-order chi connectivity index (χ0) is 19.3. The van der Waals surface area contributed by atoms with Crippen LogP contribution in [-0.2, 0) is 9.53 Å². The van der Waals surface area contributed by atoms with Gasteiger partial charge in [0.25, 0.3) is 5.91 Å². The number of nitrogens with zero attached hydrogens (tertiary/aromatic N) is 1. The van der Waals surface area contributed by atoms with Crippen LogP contribution in [0.3, 0.4) is 0 Å². The Morgan fingerprint density at radius 2 is 1.85 bits per heavy atom. The number of likely N-dealkylation sites (tertiary alicyclic amines) is 1. The fourth-order valence-electron chi connectivity index (χ4n) is 3.61. The van der Waals surface area contributed by atoms with Crippen molar-refractivity contribution in [1.82, 2.24) is 4.90 Å². The third-order valence-electron chi connectivity index (χ3n) is 4.97. The number of halogens is 1. The number of carbonyl (C=O) groups is 2. The summed E-state index contributed by atoms with van der Waals surface area (Å²) >= 11 is 3.44. The van der Waals surface area contributed by atoms with Crippen LogP contribution in [0.15, 0.2) is 65.1 Å². The molecule has 1 unspecified atom stereocenters. The van der Waals surface area contributed by atoms with Crippen molar-refractivity contribution in [1.29, 1.82) is 0 Å². The van der Waals surface area contributed by atoms with E-state index in [2.05, 4.69) is 15.9 Å². The van der Waals surface area contributed by atoms with Crippen molar-refractivity contribution in [2.24, 2.45) is 0 Å². The van der Waals surface area contributed by atoms with Crippen LogP contribution < -0.4 is 0 Å². The quantitative estimate of drug-likeness (QED) is 0.649. The highest BCUT2D eigenvalue weighted by atomic mass is 79.9. The molecule has 140 valence electrons. The van der Waals surface area contributed by atoms with Gasteiger partial charge in [0.2, 0.25) is 0 Å². The van der Waals surface area contributed by atoms with Crippen LogP contribution in [0, 0.1) is 0 Å². The zero-order valence-electron chi connectivity index (χ0n) is 15.2. The van der Waals surface area contributed by atoms with Gasteiger partial charge in [0.05, 0.1) is 12.7 Å². The van der Waals surface area contributed by atoms with Crippen LogP contribution in [0.25, 0.3) is 6.08 Å². The molecule has 2 aromatic rings. The van der Waals surface area contributed by atoms with Gasteiger partial charge in [-0.15, -0.1) is 0 Å². The van der Waals surface area contributed by atoms with Gasteiger partial charge in [-0.05, 0) is 52.9 Å². The number of hydrogen-bond acceptors (Lipinski definition) is 3. The van der Waals surface area contributed by atoms with Crippen LogP contribution >= 0.6 is 15.9 Å². The first-order valence-corrected chi connectivity index (χ1v) is 9.74. The Labute approximate surface area is 168 Å². The molecule has 0 bridgehead atoms. The molecule has 4 nitrogen and oxygen atoms in total. The van der Waals surface area contributed by atoms with Gasteiger partial charge in [0.15, 0.2) is 0 Å². The van der Waals surface area contributed by atoms with E-state index >= 15 is 0 Å². The highest BCUT2D eigenvalue weighted by molar-refractivity contribution is 9.10. The maximum absolute atomic E-state index is 13.2. The monoisotopic (exact) mass is 427 g/mol. The lowest BCUT2D eigenvalue weighted by molar-refractivity contribution is -0.152. The summed E-state index contributed by atoms with van der Waals surface area (Å²) in [7, 11) is 1.38. The van der Waals surface area contributed by atoms with E-state index in [1.54, 1.807) is 11.0 Å². The van der Waals surface area contributed by atoms with Crippen LogP contribution in [0.4, 0.5) is 0 Å². The molecule has 0 spiro atoms. The smallest absolute Gasteiger partial charge is 0.332 e. The molecule has 0 saturated carbocycles. The van der Waals surface area contributed by atoms with Gasteiger partial charge in [-0.25, -0.2) is 4.79 Å². The third kappa shape index (κ3) is 3.98. The summed E-state index contributed by atoms with van der Waals surface area (Å²) in [5.41, 5.74) is 0.644. The van der Waals surface area contributed by atoms with E-state index in [0.717, 1.165) is 16.5 Å². The minimum Gasteiger partial charge on any atom is -0.467 e. The zero-order valence-corrected chi connectivity index (χ0v) is 16.8. The first-order chi connectivity index (χ1) is 13.1. The Morgan fingerprint density at radius 1 is 1.15 bits per heavy atom. The van der Waals surface area contributed by atoms with Gasteiger partial charge in [0.1, 0.15) is 5.54 Å². The molecule has 1 atom stereocenters. The van der Waals surface area contributed by atoms with Crippen molar-refractivity contribution in [3.8, 4) is 0 Å². The second-order valence-electron chi connectivity index (χ2n) is 6.58. The number of hydrogen-bond donors (Lipinski definition) is 0. The lowest BCUT2D eigenvalue weighted by atomic mass is 9.90. The lowest BCUT2D eigenvalue weighted by Crippen LogP contribution is -2.53. The Hall–Kier alpha value is -2.40. The molecule has 1 amide bonds. The molecule has 1 fully saturated rings. The van der Waals surface area contributed by atoms with E-state index in [9.17, 15) is 9.59 Å². The maximum Gasteiger partial charge on any atom is 0.332 e. The molecule has 1 saturated heterocycles. The van der Waals surface area contributed by atoms with E-state index in [0.29, 0.717) is 24.9 Å². The van der Waals surface area contributed by atoms with E-state index < -0.39 is 5.54 Å². The van der Waals surface area contributed by atoms with Gasteiger partial charge in [-0.2, -0.15) is 0 Å². The molecule has 0 aromatic heterocycles. The Balaban J connectivity index is 1.90. The molecule has 1 heterocycles. The van der Waals surface area contributed by atoms with Crippen LogP contribution in [-0.4, -0.2) is 36.0 Å². The number of ether oxygens (including phenoxy) is 1. The fraction of sp³-hybridized carbons (Fsp3) is 0.273. The van der Waals surface area contributed by atoms with E-state index in [1.165, 1.54) is 7.11 Å². The van der Waals surface area contributed by atoms with Crippen LogP contribution in [0.1, 0.15) is 35.2 Å². The fourth-order valence-corrected chi connectivity index (χ4v) is 4.06. The topological polar surface area (TPSA) is 46.6 Å². The second kappa shape index (κ2) is 8.53. The van der Waals surface area contributed by atoms with Crippen LogP contribution in [0.2, 0.25) is 0 Å². The molecule has 0 radical (unpaired) electrons. The summed E-state index contributed by atoms with van der Waals surface area (Å²) in [6.45, 7) is 0.536. The largest absolute Gasteiger partial charge is 0.467 e. The molecular weight excluding hydrogens is 406 g/mol. The van der Waals surface area contributed by atoms with Crippen molar-refractivity contribution in [2.75, 3.05) is 13.7 Å². The van der Waals surface area contributed by atoms with Crippen molar-refractivity contribution < 1.29 is 14.3 Å². The van der Waals surface area contributed by atoms with Crippen molar-refractivity contribution in [2.45, 2.75) is 24.8 Å². The summed E-state index contributed by atoms with van der Waals surface area (Å²) in [6, 6.07) is 17.2. The lowest BCUT2D eigenvalue weighted by Gasteiger charge is -2.35. The van der Waals surface area contributed by atoms with E-state index in [4.69, 9.17) is 4.74 Å². The van der Waals surface area contributed by atoms with Gasteiger partial charge in [0, 0.05) is 11.0 Å². The first kappa shape index (κ1) is 19.4. The molecule has 0 aliphatic carbocycles. The SMILES string of the molecule is COC(=O)C1(C/C=C/c2ccccc2)CCCN1C(=O)c1ccccc1Br. The predicted octanol–water partition coefficient (Wildman–Crippen LogP) is 4.70. The summed E-state index contributed by atoms with van der Waals surface area (Å²) in [5.74, 6) is -0.517. The molecule has 2 aromatic carbocycles. The second-order valence-corrected chi connectivity index (χ2v) is 7.43. The maximum atomic E-state index is 13.2. The number of amides is 1. The molecule has 3 rings (SSSR count). The first-order valence-electron chi connectivity index (χ1n) is 8.95. The molecule has 0 N–H and O–H groups in total.